The minimum atomic E-state index is -3.73. The van der Waals surface area contributed by atoms with E-state index in [1.54, 1.807) is 18.2 Å². The third-order valence-corrected chi connectivity index (χ3v) is 7.59. The molecule has 1 aromatic carbocycles. The molecule has 32 heavy (non-hydrogen) atoms. The number of nitrogens with zero attached hydrogens (tertiary/aromatic N) is 2. The zero-order valence-electron chi connectivity index (χ0n) is 17.4. The summed E-state index contributed by atoms with van der Waals surface area (Å²) in [5.74, 6) is -0.482. The fourth-order valence-electron chi connectivity index (χ4n) is 3.65. The molecule has 2 aromatic rings. The van der Waals surface area contributed by atoms with Gasteiger partial charge in [0.25, 0.3) is 5.91 Å². The number of carbonyl (C=O) groups excluding carboxylic acids is 1. The summed E-state index contributed by atoms with van der Waals surface area (Å²) in [7, 11) is -3.73. The average molecular weight is 481 g/mol. The Balaban J connectivity index is 1.62. The molecule has 1 amide bonds. The van der Waals surface area contributed by atoms with Crippen LogP contribution in [0.5, 0.6) is 0 Å². The zero-order chi connectivity index (χ0) is 22.6. The van der Waals surface area contributed by atoms with Crippen molar-refractivity contribution >= 4 is 38.9 Å². The Bertz CT molecular complexity index is 1070. The van der Waals surface area contributed by atoms with Crippen LogP contribution in [0.3, 0.4) is 0 Å². The van der Waals surface area contributed by atoms with Crippen molar-refractivity contribution in [3.8, 4) is 0 Å². The van der Waals surface area contributed by atoms with E-state index in [0.29, 0.717) is 31.1 Å². The molecule has 0 radical (unpaired) electrons. The molecule has 4 rings (SSSR count). The van der Waals surface area contributed by atoms with Gasteiger partial charge in [-0.2, -0.15) is 4.31 Å². The number of benzene rings is 1. The number of morpholine rings is 1. The number of anilines is 2. The zero-order valence-corrected chi connectivity index (χ0v) is 19.0. The Labute approximate surface area is 192 Å². The monoisotopic (exact) mass is 480 g/mol. The van der Waals surface area contributed by atoms with Crippen molar-refractivity contribution in [2.45, 2.75) is 23.8 Å². The maximum Gasteiger partial charge on any atom is 0.258 e. The van der Waals surface area contributed by atoms with E-state index in [1.165, 1.54) is 22.6 Å². The number of hydrogen-bond acceptors (Lipinski definition) is 7. The van der Waals surface area contributed by atoms with Crippen LogP contribution in [0.25, 0.3) is 0 Å². The molecule has 0 bridgehead atoms. The van der Waals surface area contributed by atoms with Crippen LogP contribution in [-0.4, -0.2) is 69.2 Å². The second-order valence-electron chi connectivity index (χ2n) is 7.54. The van der Waals surface area contributed by atoms with E-state index in [-0.39, 0.29) is 34.8 Å². The van der Waals surface area contributed by atoms with Gasteiger partial charge in [-0.15, -0.1) is 0 Å². The maximum atomic E-state index is 13.1. The molecule has 0 aliphatic carbocycles. The Kier molecular flexibility index (Phi) is 7.27. The number of sulfonamides is 1. The van der Waals surface area contributed by atoms with Gasteiger partial charge >= 0.3 is 0 Å². The van der Waals surface area contributed by atoms with Crippen molar-refractivity contribution in [3.63, 3.8) is 0 Å². The summed E-state index contributed by atoms with van der Waals surface area (Å²) in [6.45, 7) is 2.55. The molecule has 0 saturated carbocycles. The lowest BCUT2D eigenvalue weighted by Gasteiger charge is -2.26. The molecule has 9 nitrogen and oxygen atoms in total. The molecular formula is C21H25ClN4O5S. The van der Waals surface area contributed by atoms with Crippen LogP contribution in [-0.2, 0) is 19.5 Å². The van der Waals surface area contributed by atoms with Gasteiger partial charge < -0.3 is 20.1 Å². The van der Waals surface area contributed by atoms with Gasteiger partial charge in [-0.25, -0.2) is 13.4 Å². The fourth-order valence-corrected chi connectivity index (χ4v) is 5.29. The summed E-state index contributed by atoms with van der Waals surface area (Å²) in [4.78, 5) is 16.9. The molecular weight excluding hydrogens is 456 g/mol. The molecule has 2 fully saturated rings. The van der Waals surface area contributed by atoms with E-state index in [4.69, 9.17) is 21.1 Å². The Morgan fingerprint density at radius 2 is 2.00 bits per heavy atom. The van der Waals surface area contributed by atoms with E-state index in [2.05, 4.69) is 15.6 Å². The summed E-state index contributed by atoms with van der Waals surface area (Å²) >= 11 is 6.06. The summed E-state index contributed by atoms with van der Waals surface area (Å²) in [6.07, 6.45) is 3.52. The smallest absolute Gasteiger partial charge is 0.258 e. The Morgan fingerprint density at radius 3 is 2.72 bits per heavy atom. The number of ether oxygens (including phenoxy) is 2. The minimum absolute atomic E-state index is 0.0657. The van der Waals surface area contributed by atoms with Gasteiger partial charge in [0.2, 0.25) is 10.0 Å². The number of carbonyl (C=O) groups is 1. The molecule has 3 heterocycles. The van der Waals surface area contributed by atoms with Crippen molar-refractivity contribution in [1.29, 1.82) is 0 Å². The van der Waals surface area contributed by atoms with Crippen LogP contribution < -0.4 is 10.6 Å². The van der Waals surface area contributed by atoms with E-state index < -0.39 is 15.9 Å². The van der Waals surface area contributed by atoms with Crippen molar-refractivity contribution in [2.75, 3.05) is 50.1 Å². The SMILES string of the molecule is O=C(Nc1cc(S(=O)(=O)N2CCOCC2)ccc1NCC1CCCO1)c1cccnc1Cl. The molecule has 172 valence electrons. The molecule has 1 aromatic heterocycles. The number of nitrogens with one attached hydrogen (secondary N) is 2. The quantitative estimate of drug-likeness (QED) is 0.586. The predicted octanol–water partition coefficient (Wildman–Crippen LogP) is 2.60. The second kappa shape index (κ2) is 10.1. The lowest BCUT2D eigenvalue weighted by atomic mass is 10.2. The highest BCUT2D eigenvalue weighted by Crippen LogP contribution is 2.29. The predicted molar refractivity (Wildman–Crippen MR) is 121 cm³/mol. The van der Waals surface area contributed by atoms with E-state index >= 15 is 0 Å². The van der Waals surface area contributed by atoms with Crippen LogP contribution in [0, 0.1) is 0 Å². The first-order valence-corrected chi connectivity index (χ1v) is 12.3. The summed E-state index contributed by atoms with van der Waals surface area (Å²) in [5, 5.41) is 6.12. The van der Waals surface area contributed by atoms with Gasteiger partial charge in [0.15, 0.2) is 0 Å². The van der Waals surface area contributed by atoms with E-state index in [0.717, 1.165) is 19.4 Å². The summed E-state index contributed by atoms with van der Waals surface area (Å²) in [6, 6.07) is 7.82. The van der Waals surface area contributed by atoms with Gasteiger partial charge in [-0.1, -0.05) is 11.6 Å². The molecule has 11 heteroatoms. The Morgan fingerprint density at radius 1 is 1.19 bits per heavy atom. The largest absolute Gasteiger partial charge is 0.381 e. The van der Waals surface area contributed by atoms with Crippen LogP contribution >= 0.6 is 11.6 Å². The van der Waals surface area contributed by atoms with E-state index in [1.807, 2.05) is 0 Å². The lowest BCUT2D eigenvalue weighted by Crippen LogP contribution is -2.40. The third-order valence-electron chi connectivity index (χ3n) is 5.39. The average Bonchev–Trinajstić information content (AvgIpc) is 3.32. The molecule has 2 N–H and O–H groups in total. The van der Waals surface area contributed by atoms with Crippen molar-refractivity contribution < 1.29 is 22.7 Å². The van der Waals surface area contributed by atoms with Gasteiger partial charge in [-0.3, -0.25) is 4.79 Å². The van der Waals surface area contributed by atoms with Crippen LogP contribution in [0.15, 0.2) is 41.4 Å². The van der Waals surface area contributed by atoms with Gasteiger partial charge in [0.05, 0.1) is 41.2 Å². The number of halogens is 1. The molecule has 1 atom stereocenters. The van der Waals surface area contributed by atoms with E-state index in [9.17, 15) is 13.2 Å². The van der Waals surface area contributed by atoms with Crippen LogP contribution in [0.4, 0.5) is 11.4 Å². The first-order valence-electron chi connectivity index (χ1n) is 10.4. The normalized spacial score (nSPS) is 19.6. The lowest BCUT2D eigenvalue weighted by molar-refractivity contribution is 0.0730. The molecule has 1 unspecified atom stereocenters. The molecule has 0 spiro atoms. The van der Waals surface area contributed by atoms with Crippen molar-refractivity contribution in [2.24, 2.45) is 0 Å². The molecule has 2 aliphatic heterocycles. The highest BCUT2D eigenvalue weighted by Gasteiger charge is 2.27. The number of aromatic nitrogens is 1. The van der Waals surface area contributed by atoms with Crippen molar-refractivity contribution in [3.05, 3.63) is 47.2 Å². The second-order valence-corrected chi connectivity index (χ2v) is 9.83. The number of rotatable bonds is 7. The molecule has 2 saturated heterocycles. The van der Waals surface area contributed by atoms with Crippen LogP contribution in [0.2, 0.25) is 5.15 Å². The number of pyridine rings is 1. The third kappa shape index (κ3) is 5.21. The molecule has 2 aliphatic rings. The first-order chi connectivity index (χ1) is 15.4. The highest BCUT2D eigenvalue weighted by atomic mass is 35.5. The Hall–Kier alpha value is -2.24. The standard InChI is InChI=1S/C21H25ClN4O5S/c22-20-17(4-1-7-23-20)21(27)25-19-13-16(32(28,29)26-8-11-30-12-9-26)5-6-18(19)24-14-15-3-2-10-31-15/h1,4-7,13,15,24H,2-3,8-12,14H2,(H,25,27). The first kappa shape index (κ1) is 22.9. The topological polar surface area (TPSA) is 110 Å². The van der Waals surface area contributed by atoms with Gasteiger partial charge in [0.1, 0.15) is 5.15 Å². The highest BCUT2D eigenvalue weighted by molar-refractivity contribution is 7.89. The number of hydrogen-bond donors (Lipinski definition) is 2. The summed E-state index contributed by atoms with van der Waals surface area (Å²) in [5.41, 5.74) is 1.12. The minimum Gasteiger partial charge on any atom is -0.381 e. The van der Waals surface area contributed by atoms with Crippen molar-refractivity contribution in [1.82, 2.24) is 9.29 Å². The fraction of sp³-hybridized carbons (Fsp3) is 0.429. The number of amides is 1. The maximum absolute atomic E-state index is 13.1. The summed E-state index contributed by atoms with van der Waals surface area (Å²) < 4.78 is 38.5. The van der Waals surface area contributed by atoms with Gasteiger partial charge in [-0.05, 0) is 43.2 Å². The van der Waals surface area contributed by atoms with Gasteiger partial charge in [0, 0.05) is 32.4 Å². The van der Waals surface area contributed by atoms with Crippen LogP contribution in [0.1, 0.15) is 23.2 Å².